The third-order valence-corrected chi connectivity index (χ3v) is 10.1. The van der Waals surface area contributed by atoms with Gasteiger partial charge in [-0.05, 0) is 83.5 Å². The second-order valence-corrected chi connectivity index (χ2v) is 13.7. The Bertz CT molecular complexity index is 1860. The number of anilines is 1. The number of unbranched alkanes of at least 4 members (excludes halogenated alkanes) is 1. The summed E-state index contributed by atoms with van der Waals surface area (Å²) in [5.74, 6) is -0.383. The highest BCUT2D eigenvalue weighted by Gasteiger charge is 2.39. The van der Waals surface area contributed by atoms with Crippen molar-refractivity contribution in [3.8, 4) is 22.3 Å². The van der Waals surface area contributed by atoms with Crippen LogP contribution in [0.3, 0.4) is 0 Å². The van der Waals surface area contributed by atoms with Crippen LogP contribution in [0, 0.1) is 5.92 Å². The average Bonchev–Trinajstić information content (AvgIpc) is 3.94. The Hall–Kier alpha value is -4.71. The molecule has 5 aromatic carbocycles. The zero-order chi connectivity index (χ0) is 33.6. The summed E-state index contributed by atoms with van der Waals surface area (Å²) in [6.45, 7) is 2.21. The van der Waals surface area contributed by atoms with E-state index in [4.69, 9.17) is 11.6 Å². The standard InChI is InChI=1S/C43H42ClN3O2/c44-37-15-9-10-31(28-37)30-46-26-27-47(38-23-21-35(22-24-38)33-13-5-2-6-14-33)43(49)39(42(46)48)16-7-8-25-45-41-29-40(41)36-19-17-34(18-20-36)32-11-3-1-4-12-32/h1-6,9-15,17-24,28,39-41,45H,7-8,16,25-27,29-30H2/t39?,40-,41+/m0/s1. The lowest BCUT2D eigenvalue weighted by atomic mass is 9.98. The van der Waals surface area contributed by atoms with E-state index in [1.54, 1.807) is 0 Å². The van der Waals surface area contributed by atoms with Gasteiger partial charge in [-0.1, -0.05) is 127 Å². The molecule has 1 unspecified atom stereocenters. The molecule has 0 radical (unpaired) electrons. The van der Waals surface area contributed by atoms with Crippen LogP contribution in [0.4, 0.5) is 5.69 Å². The topological polar surface area (TPSA) is 52.7 Å². The monoisotopic (exact) mass is 667 g/mol. The van der Waals surface area contributed by atoms with Crippen molar-refractivity contribution >= 4 is 29.1 Å². The van der Waals surface area contributed by atoms with Crippen LogP contribution in [0.2, 0.25) is 5.02 Å². The van der Waals surface area contributed by atoms with Gasteiger partial charge in [0.15, 0.2) is 0 Å². The second kappa shape index (κ2) is 15.2. The molecule has 1 N–H and O–H groups in total. The maximum absolute atomic E-state index is 14.1. The van der Waals surface area contributed by atoms with Crippen LogP contribution in [0.25, 0.3) is 22.3 Å². The van der Waals surface area contributed by atoms with Gasteiger partial charge in [-0.2, -0.15) is 0 Å². The van der Waals surface area contributed by atoms with Crippen molar-refractivity contribution < 1.29 is 9.59 Å². The van der Waals surface area contributed by atoms with E-state index in [9.17, 15) is 9.59 Å². The number of halogens is 1. The molecule has 49 heavy (non-hydrogen) atoms. The first-order valence-electron chi connectivity index (χ1n) is 17.4. The molecule has 3 atom stereocenters. The van der Waals surface area contributed by atoms with Gasteiger partial charge in [-0.25, -0.2) is 0 Å². The largest absolute Gasteiger partial charge is 0.336 e. The Labute approximate surface area is 294 Å². The molecule has 2 amide bonds. The lowest BCUT2D eigenvalue weighted by molar-refractivity contribution is -0.140. The predicted molar refractivity (Wildman–Crippen MR) is 199 cm³/mol. The number of nitrogens with one attached hydrogen (secondary N) is 1. The second-order valence-electron chi connectivity index (χ2n) is 13.2. The Kier molecular flexibility index (Phi) is 10.2. The van der Waals surface area contributed by atoms with Crippen LogP contribution in [0.15, 0.2) is 133 Å². The zero-order valence-electron chi connectivity index (χ0n) is 27.7. The van der Waals surface area contributed by atoms with E-state index < -0.39 is 5.92 Å². The van der Waals surface area contributed by atoms with Gasteiger partial charge in [0, 0.05) is 42.3 Å². The van der Waals surface area contributed by atoms with E-state index in [0.717, 1.165) is 48.2 Å². The SMILES string of the molecule is O=C1C(CCCCN[C@@H]2C[C@H]2c2ccc(-c3ccccc3)cc2)C(=O)N(c2ccc(-c3ccccc3)cc2)CCN1Cc1cccc(Cl)c1. The third-order valence-electron chi connectivity index (χ3n) is 9.88. The van der Waals surface area contributed by atoms with E-state index in [0.29, 0.717) is 43.0 Å². The smallest absolute Gasteiger partial charge is 0.239 e. The minimum atomic E-state index is -0.715. The summed E-state index contributed by atoms with van der Waals surface area (Å²) in [6, 6.07) is 45.8. The van der Waals surface area contributed by atoms with Crippen LogP contribution in [-0.4, -0.2) is 42.4 Å². The maximum atomic E-state index is 14.1. The summed E-state index contributed by atoms with van der Waals surface area (Å²) in [5.41, 5.74) is 7.87. The van der Waals surface area contributed by atoms with Gasteiger partial charge in [0.05, 0.1) is 0 Å². The first-order valence-corrected chi connectivity index (χ1v) is 17.8. The van der Waals surface area contributed by atoms with Crippen molar-refractivity contribution in [3.63, 3.8) is 0 Å². The number of nitrogens with zero attached hydrogens (tertiary/aromatic N) is 2. The van der Waals surface area contributed by atoms with Gasteiger partial charge in [0.25, 0.3) is 0 Å². The van der Waals surface area contributed by atoms with Gasteiger partial charge in [0.2, 0.25) is 11.8 Å². The number of rotatable bonds is 12. The van der Waals surface area contributed by atoms with Crippen molar-refractivity contribution in [1.82, 2.24) is 10.2 Å². The molecular formula is C43H42ClN3O2. The van der Waals surface area contributed by atoms with Crippen LogP contribution in [0.5, 0.6) is 0 Å². The van der Waals surface area contributed by atoms with Gasteiger partial charge < -0.3 is 15.1 Å². The molecule has 2 fully saturated rings. The Morgan fingerprint density at radius 2 is 1.29 bits per heavy atom. The molecule has 5 nitrogen and oxygen atoms in total. The highest BCUT2D eigenvalue weighted by molar-refractivity contribution is 6.30. The summed E-state index contributed by atoms with van der Waals surface area (Å²) < 4.78 is 0. The van der Waals surface area contributed by atoms with Gasteiger partial charge >= 0.3 is 0 Å². The van der Waals surface area contributed by atoms with Gasteiger partial charge in [0.1, 0.15) is 5.92 Å². The minimum Gasteiger partial charge on any atom is -0.336 e. The molecule has 0 spiro atoms. The average molecular weight is 668 g/mol. The molecule has 5 aromatic rings. The third kappa shape index (κ3) is 7.96. The first kappa shape index (κ1) is 32.8. The van der Waals surface area contributed by atoms with E-state index in [-0.39, 0.29) is 11.8 Å². The first-order chi connectivity index (χ1) is 24.0. The summed E-state index contributed by atoms with van der Waals surface area (Å²) in [4.78, 5) is 31.7. The summed E-state index contributed by atoms with van der Waals surface area (Å²) >= 11 is 6.27. The van der Waals surface area contributed by atoms with E-state index >= 15 is 0 Å². The number of amides is 2. The number of hydrogen-bond donors (Lipinski definition) is 1. The predicted octanol–water partition coefficient (Wildman–Crippen LogP) is 8.98. The van der Waals surface area contributed by atoms with Crippen molar-refractivity contribution in [1.29, 1.82) is 0 Å². The van der Waals surface area contributed by atoms with Crippen LogP contribution < -0.4 is 10.2 Å². The van der Waals surface area contributed by atoms with Gasteiger partial charge in [-0.3, -0.25) is 9.59 Å². The molecule has 248 valence electrons. The molecule has 1 saturated heterocycles. The quantitative estimate of drug-likeness (QED) is 0.107. The number of carbonyl (C=O) groups excluding carboxylic acids is 2. The molecule has 2 aliphatic rings. The highest BCUT2D eigenvalue weighted by atomic mass is 35.5. The lowest BCUT2D eigenvalue weighted by Gasteiger charge is -2.23. The summed E-state index contributed by atoms with van der Waals surface area (Å²) in [5, 5.41) is 4.36. The molecule has 0 aromatic heterocycles. The molecule has 7 rings (SSSR count). The van der Waals surface area contributed by atoms with Crippen LogP contribution in [0.1, 0.15) is 42.7 Å². The lowest BCUT2D eigenvalue weighted by Crippen LogP contribution is -2.39. The highest BCUT2D eigenvalue weighted by Crippen LogP contribution is 2.41. The fourth-order valence-electron chi connectivity index (χ4n) is 7.04. The van der Waals surface area contributed by atoms with E-state index in [2.05, 4.69) is 78.1 Å². The molecule has 0 bridgehead atoms. The van der Waals surface area contributed by atoms with E-state index in [1.165, 1.54) is 16.7 Å². The van der Waals surface area contributed by atoms with Gasteiger partial charge in [-0.15, -0.1) is 0 Å². The van der Waals surface area contributed by atoms with Crippen molar-refractivity contribution in [2.75, 3.05) is 24.5 Å². The fraction of sp³-hybridized carbons (Fsp3) is 0.256. The molecule has 1 saturated carbocycles. The number of hydrogen-bond acceptors (Lipinski definition) is 3. The van der Waals surface area contributed by atoms with E-state index in [1.807, 2.05) is 70.5 Å². The fourth-order valence-corrected chi connectivity index (χ4v) is 7.25. The molecular weight excluding hydrogens is 626 g/mol. The van der Waals surface area contributed by atoms with Crippen molar-refractivity contribution in [2.24, 2.45) is 5.92 Å². The molecule has 6 heteroatoms. The van der Waals surface area contributed by atoms with Crippen LogP contribution in [-0.2, 0) is 16.1 Å². The molecule has 1 heterocycles. The maximum Gasteiger partial charge on any atom is 0.239 e. The number of carbonyl (C=O) groups is 2. The molecule has 1 aliphatic carbocycles. The molecule has 1 aliphatic heterocycles. The van der Waals surface area contributed by atoms with Crippen molar-refractivity contribution in [3.05, 3.63) is 150 Å². The summed E-state index contributed by atoms with van der Waals surface area (Å²) in [6.07, 6.45) is 3.37. The van der Waals surface area contributed by atoms with Crippen LogP contribution >= 0.6 is 11.6 Å². The Balaban J connectivity index is 0.972. The Morgan fingerprint density at radius 1 is 0.653 bits per heavy atom. The number of benzene rings is 5. The Morgan fingerprint density at radius 3 is 1.94 bits per heavy atom. The summed E-state index contributed by atoms with van der Waals surface area (Å²) in [7, 11) is 0. The zero-order valence-corrected chi connectivity index (χ0v) is 28.4. The normalized spacial score (nSPS) is 19.2. The minimum absolute atomic E-state index is 0.0949. The van der Waals surface area contributed by atoms with Crippen molar-refractivity contribution in [2.45, 2.75) is 44.2 Å².